The Morgan fingerprint density at radius 1 is 1.15 bits per heavy atom. The van der Waals surface area contributed by atoms with Crippen LogP contribution in [0.4, 0.5) is 11.4 Å². The Balaban J connectivity index is 1.52. The zero-order chi connectivity index (χ0) is 23.1. The fourth-order valence-corrected chi connectivity index (χ4v) is 7.00. The highest BCUT2D eigenvalue weighted by atomic mass is 32.2. The summed E-state index contributed by atoms with van der Waals surface area (Å²) in [6.45, 7) is 4.81. The molecular weight excluding hydrogens is 472 g/mol. The standard InChI is InChI=1S/C24H24N4O2S3/c1-5-6-11-28-22(29)21(23-27(3)18-13-16(30-4)8-10-19(18)32-23)33-24(28)26-15-7-9-17-20(12-15)31-14(2)25-17/h7-10,12-13H,5-6,11H2,1-4H3. The molecule has 0 radical (unpaired) electrons. The van der Waals surface area contributed by atoms with Crippen molar-refractivity contribution in [2.45, 2.75) is 31.6 Å². The summed E-state index contributed by atoms with van der Waals surface area (Å²) in [6, 6.07) is 12.0. The molecule has 0 spiro atoms. The number of carbonyl (C=O) groups is 1. The van der Waals surface area contributed by atoms with Gasteiger partial charge in [0.05, 0.1) is 38.7 Å². The molecule has 170 valence electrons. The smallest absolute Gasteiger partial charge is 0.269 e. The number of ether oxygens (including phenoxy) is 1. The minimum Gasteiger partial charge on any atom is -0.497 e. The molecule has 3 heterocycles. The van der Waals surface area contributed by atoms with E-state index in [1.165, 1.54) is 11.8 Å². The van der Waals surface area contributed by atoms with E-state index < -0.39 is 0 Å². The van der Waals surface area contributed by atoms with Gasteiger partial charge in [-0.15, -0.1) is 11.3 Å². The molecule has 3 aromatic rings. The van der Waals surface area contributed by atoms with Crippen molar-refractivity contribution in [3.8, 4) is 5.75 Å². The van der Waals surface area contributed by atoms with Crippen LogP contribution in [0.3, 0.4) is 0 Å². The molecule has 0 aliphatic carbocycles. The third-order valence-electron chi connectivity index (χ3n) is 5.54. The van der Waals surface area contributed by atoms with Gasteiger partial charge in [-0.2, -0.15) is 0 Å². The van der Waals surface area contributed by atoms with Crippen LogP contribution in [0, 0.1) is 6.92 Å². The number of thiazole rings is 1. The molecular formula is C24H24N4O2S3. The summed E-state index contributed by atoms with van der Waals surface area (Å²) in [6.07, 6.45) is 1.95. The normalized spacial score (nSPS) is 19.3. The molecule has 0 saturated carbocycles. The first-order valence-corrected chi connectivity index (χ1v) is 13.2. The maximum atomic E-state index is 13.5. The number of amidine groups is 1. The number of hydrogen-bond acceptors (Lipinski definition) is 8. The molecule has 6 nitrogen and oxygen atoms in total. The number of aromatic nitrogens is 1. The number of nitrogens with zero attached hydrogens (tertiary/aromatic N) is 4. The summed E-state index contributed by atoms with van der Waals surface area (Å²) in [5.74, 6) is 0.828. The van der Waals surface area contributed by atoms with Crippen LogP contribution in [0.5, 0.6) is 5.75 Å². The summed E-state index contributed by atoms with van der Waals surface area (Å²) in [5, 5.41) is 2.71. The van der Waals surface area contributed by atoms with Crippen LogP contribution in [0.1, 0.15) is 24.8 Å². The summed E-state index contributed by atoms with van der Waals surface area (Å²) >= 11 is 4.75. The van der Waals surface area contributed by atoms with E-state index >= 15 is 0 Å². The number of benzene rings is 2. The van der Waals surface area contributed by atoms with Gasteiger partial charge in [0.2, 0.25) is 0 Å². The highest BCUT2D eigenvalue weighted by molar-refractivity contribution is 8.19. The van der Waals surface area contributed by atoms with E-state index in [4.69, 9.17) is 9.73 Å². The predicted octanol–water partition coefficient (Wildman–Crippen LogP) is 6.39. The second-order valence-electron chi connectivity index (χ2n) is 7.82. The third-order valence-corrected chi connectivity index (χ3v) is 8.90. The van der Waals surface area contributed by atoms with Gasteiger partial charge in [-0.05, 0) is 55.4 Å². The second kappa shape index (κ2) is 9.04. The van der Waals surface area contributed by atoms with E-state index in [-0.39, 0.29) is 5.91 Å². The van der Waals surface area contributed by atoms with Gasteiger partial charge in [-0.1, -0.05) is 25.1 Å². The Morgan fingerprint density at radius 2 is 2.00 bits per heavy atom. The van der Waals surface area contributed by atoms with Crippen molar-refractivity contribution < 1.29 is 9.53 Å². The molecule has 9 heteroatoms. The van der Waals surface area contributed by atoms with Crippen molar-refractivity contribution in [2.75, 3.05) is 25.6 Å². The number of fused-ring (bicyclic) bond motifs is 2. The summed E-state index contributed by atoms with van der Waals surface area (Å²) < 4.78 is 6.50. The number of anilines is 1. The van der Waals surface area contributed by atoms with E-state index in [1.807, 2.05) is 49.2 Å². The summed E-state index contributed by atoms with van der Waals surface area (Å²) in [4.78, 5) is 28.7. The maximum Gasteiger partial charge on any atom is 0.269 e. The Morgan fingerprint density at radius 3 is 2.79 bits per heavy atom. The first-order chi connectivity index (χ1) is 16.0. The molecule has 1 aromatic heterocycles. The van der Waals surface area contributed by atoms with Gasteiger partial charge < -0.3 is 9.64 Å². The zero-order valence-corrected chi connectivity index (χ0v) is 21.4. The van der Waals surface area contributed by atoms with Crippen molar-refractivity contribution in [3.63, 3.8) is 0 Å². The monoisotopic (exact) mass is 496 g/mol. The van der Waals surface area contributed by atoms with Crippen LogP contribution in [0.2, 0.25) is 0 Å². The largest absolute Gasteiger partial charge is 0.497 e. The van der Waals surface area contributed by atoms with Crippen molar-refractivity contribution >= 4 is 67.5 Å². The highest BCUT2D eigenvalue weighted by Crippen LogP contribution is 2.51. The Labute approximate surface area is 205 Å². The number of thioether (sulfide) groups is 2. The van der Waals surface area contributed by atoms with Crippen molar-refractivity contribution in [1.82, 2.24) is 9.88 Å². The number of methoxy groups -OCH3 is 1. The molecule has 1 saturated heterocycles. The van der Waals surface area contributed by atoms with Gasteiger partial charge in [0, 0.05) is 24.6 Å². The molecule has 33 heavy (non-hydrogen) atoms. The van der Waals surface area contributed by atoms with Gasteiger partial charge in [0.15, 0.2) is 5.17 Å². The highest BCUT2D eigenvalue weighted by Gasteiger charge is 2.39. The Hall–Kier alpha value is -2.49. The zero-order valence-electron chi connectivity index (χ0n) is 18.9. The lowest BCUT2D eigenvalue weighted by Gasteiger charge is -2.16. The minimum atomic E-state index is 0.0241. The Bertz CT molecular complexity index is 1310. The van der Waals surface area contributed by atoms with E-state index in [9.17, 15) is 4.79 Å². The van der Waals surface area contributed by atoms with Gasteiger partial charge >= 0.3 is 0 Å². The lowest BCUT2D eigenvalue weighted by Crippen LogP contribution is -2.30. The molecule has 1 amide bonds. The molecule has 0 N–H and O–H groups in total. The number of amides is 1. The topological polar surface area (TPSA) is 58.0 Å². The predicted molar refractivity (Wildman–Crippen MR) is 140 cm³/mol. The summed E-state index contributed by atoms with van der Waals surface area (Å²) in [5.41, 5.74) is 2.88. The van der Waals surface area contributed by atoms with Crippen LogP contribution in [0.15, 0.2) is 56.2 Å². The van der Waals surface area contributed by atoms with E-state index in [1.54, 1.807) is 30.2 Å². The van der Waals surface area contributed by atoms with Crippen LogP contribution >= 0.6 is 34.9 Å². The van der Waals surface area contributed by atoms with Gasteiger partial charge in [0.1, 0.15) is 10.7 Å². The van der Waals surface area contributed by atoms with Crippen molar-refractivity contribution in [2.24, 2.45) is 4.99 Å². The molecule has 0 unspecified atom stereocenters. The quantitative estimate of drug-likeness (QED) is 0.382. The lowest BCUT2D eigenvalue weighted by molar-refractivity contribution is -0.122. The van der Waals surface area contributed by atoms with Crippen LogP contribution in [-0.4, -0.2) is 41.7 Å². The number of aliphatic imine (C=N–C) groups is 1. The number of carbonyl (C=O) groups excluding carboxylic acids is 1. The minimum absolute atomic E-state index is 0.0241. The fourth-order valence-electron chi connectivity index (χ4n) is 3.79. The van der Waals surface area contributed by atoms with Gasteiger partial charge in [-0.25, -0.2) is 9.98 Å². The first-order valence-electron chi connectivity index (χ1n) is 10.8. The van der Waals surface area contributed by atoms with E-state index in [0.717, 1.165) is 65.2 Å². The van der Waals surface area contributed by atoms with Crippen molar-refractivity contribution in [3.05, 3.63) is 51.3 Å². The fraction of sp³-hybridized carbons (Fsp3) is 0.292. The lowest BCUT2D eigenvalue weighted by atomic mass is 10.3. The van der Waals surface area contributed by atoms with Crippen LogP contribution in [0.25, 0.3) is 10.2 Å². The van der Waals surface area contributed by atoms with Crippen LogP contribution in [-0.2, 0) is 4.79 Å². The van der Waals surface area contributed by atoms with E-state index in [2.05, 4.69) is 22.9 Å². The van der Waals surface area contributed by atoms with Gasteiger partial charge in [-0.3, -0.25) is 9.69 Å². The number of rotatable bonds is 5. The molecule has 2 aliphatic rings. The molecule has 0 bridgehead atoms. The number of hydrogen-bond donors (Lipinski definition) is 0. The molecule has 2 aromatic carbocycles. The third kappa shape index (κ3) is 4.13. The number of aryl methyl sites for hydroxylation is 1. The average Bonchev–Trinajstić information content (AvgIpc) is 3.44. The molecule has 0 atom stereocenters. The van der Waals surface area contributed by atoms with Crippen LogP contribution < -0.4 is 9.64 Å². The molecule has 5 rings (SSSR count). The molecule has 1 fully saturated rings. The van der Waals surface area contributed by atoms with E-state index in [0.29, 0.717) is 6.54 Å². The Kier molecular flexibility index (Phi) is 6.11. The number of unbranched alkanes of at least 4 members (excludes halogenated alkanes) is 1. The molecule has 2 aliphatic heterocycles. The van der Waals surface area contributed by atoms with Crippen molar-refractivity contribution in [1.29, 1.82) is 0 Å². The summed E-state index contributed by atoms with van der Waals surface area (Å²) in [7, 11) is 3.67. The first kappa shape index (κ1) is 22.3. The average molecular weight is 497 g/mol. The van der Waals surface area contributed by atoms with Gasteiger partial charge in [0.25, 0.3) is 5.91 Å². The maximum absolute atomic E-state index is 13.5. The second-order valence-corrected chi connectivity index (χ2v) is 11.1. The SMILES string of the molecule is CCCCN1C(=O)C(=C2Sc3ccc(OC)cc3N2C)SC1=Nc1ccc2nc(C)sc2c1.